The van der Waals surface area contributed by atoms with Crippen LogP contribution in [-0.4, -0.2) is 23.3 Å². The van der Waals surface area contributed by atoms with Gasteiger partial charge in [-0.3, -0.25) is 0 Å². The van der Waals surface area contributed by atoms with Gasteiger partial charge in [0, 0.05) is 0 Å². The maximum atomic E-state index is 10.8. The lowest BCUT2D eigenvalue weighted by Gasteiger charge is -2.01. The molecule has 74 valence electrons. The normalized spacial score (nSPS) is 11.1. The highest BCUT2D eigenvalue weighted by molar-refractivity contribution is 6.15. The van der Waals surface area contributed by atoms with Crippen LogP contribution in [0.2, 0.25) is 0 Å². The van der Waals surface area contributed by atoms with Crippen molar-refractivity contribution in [3.05, 3.63) is 36.1 Å². The maximum Gasteiger partial charge on any atom is 0.339 e. The van der Waals surface area contributed by atoms with Crippen molar-refractivity contribution >= 4 is 11.5 Å². The van der Waals surface area contributed by atoms with Gasteiger partial charge in [0.15, 0.2) is 0 Å². The molecule has 0 fully saturated rings. The molecule has 0 aliphatic carbocycles. The number of carbonyl (C=O) groups is 1. The highest BCUT2D eigenvalue weighted by Gasteiger charge is 2.10. The van der Waals surface area contributed by atoms with E-state index >= 15 is 0 Å². The van der Waals surface area contributed by atoms with E-state index in [4.69, 9.17) is 10.2 Å². The number of phenolic OH excluding ortho intramolecular Hbond substituents is 1. The highest BCUT2D eigenvalue weighted by atomic mass is 16.5. The summed E-state index contributed by atoms with van der Waals surface area (Å²) in [6.45, 7) is 0. The number of hydrogen-bond acceptors (Lipinski definition) is 3. The Labute approximate surface area is 81.1 Å². The zero-order valence-corrected chi connectivity index (χ0v) is 7.60. The summed E-state index contributed by atoms with van der Waals surface area (Å²) >= 11 is 0. The van der Waals surface area contributed by atoms with Crippen molar-refractivity contribution in [3.63, 3.8) is 0 Å². The quantitative estimate of drug-likeness (QED) is 0.564. The molecule has 2 N–H and O–H groups in total. The highest BCUT2D eigenvalue weighted by Crippen LogP contribution is 2.17. The van der Waals surface area contributed by atoms with Gasteiger partial charge >= 0.3 is 5.97 Å². The van der Waals surface area contributed by atoms with E-state index in [1.54, 1.807) is 0 Å². The standard InChI is InChI=1S/C10H10O4/c1-14-6-9(10(12)13)7-2-4-8(11)5-3-7/h2-6,11H,1H3,(H,12,13). The van der Waals surface area contributed by atoms with Crippen LogP contribution in [-0.2, 0) is 9.53 Å². The predicted molar refractivity (Wildman–Crippen MR) is 50.7 cm³/mol. The second kappa shape index (κ2) is 4.32. The molecule has 1 aromatic carbocycles. The van der Waals surface area contributed by atoms with Gasteiger partial charge in [-0.05, 0) is 17.7 Å². The van der Waals surface area contributed by atoms with E-state index in [1.165, 1.54) is 31.4 Å². The van der Waals surface area contributed by atoms with Crippen LogP contribution in [0.25, 0.3) is 5.57 Å². The minimum atomic E-state index is -1.07. The molecule has 0 radical (unpaired) electrons. The summed E-state index contributed by atoms with van der Waals surface area (Å²) in [5.74, 6) is -0.978. The Hall–Kier alpha value is -1.97. The van der Waals surface area contributed by atoms with E-state index in [0.29, 0.717) is 5.56 Å². The topological polar surface area (TPSA) is 66.8 Å². The lowest BCUT2D eigenvalue weighted by atomic mass is 10.1. The van der Waals surface area contributed by atoms with E-state index in [0.717, 1.165) is 6.26 Å². The smallest absolute Gasteiger partial charge is 0.339 e. The number of carboxylic acid groups (broad SMARTS) is 1. The molecular weight excluding hydrogens is 184 g/mol. The molecule has 0 atom stereocenters. The predicted octanol–water partition coefficient (Wildman–Crippen LogP) is 1.46. The summed E-state index contributed by atoms with van der Waals surface area (Å²) in [7, 11) is 1.38. The number of aromatic hydroxyl groups is 1. The average molecular weight is 194 g/mol. The van der Waals surface area contributed by atoms with Crippen LogP contribution >= 0.6 is 0 Å². The zero-order chi connectivity index (χ0) is 10.6. The summed E-state index contributed by atoms with van der Waals surface area (Å²) in [5, 5.41) is 17.8. The van der Waals surface area contributed by atoms with Crippen LogP contribution in [0, 0.1) is 0 Å². The van der Waals surface area contributed by atoms with Crippen molar-refractivity contribution in [2.75, 3.05) is 7.11 Å². The summed E-state index contributed by atoms with van der Waals surface area (Å²) in [6.07, 6.45) is 1.15. The van der Waals surface area contributed by atoms with Crippen molar-refractivity contribution in [3.8, 4) is 5.75 Å². The molecule has 0 amide bonds. The monoisotopic (exact) mass is 194 g/mol. The van der Waals surface area contributed by atoms with Crippen molar-refractivity contribution in [1.29, 1.82) is 0 Å². The molecule has 0 aromatic heterocycles. The number of phenols is 1. The number of carboxylic acids is 1. The van der Waals surface area contributed by atoms with Crippen LogP contribution in [0.1, 0.15) is 5.56 Å². The van der Waals surface area contributed by atoms with Crippen LogP contribution in [0.4, 0.5) is 0 Å². The molecule has 0 saturated carbocycles. The van der Waals surface area contributed by atoms with Crippen LogP contribution in [0.15, 0.2) is 30.5 Å². The molecule has 0 spiro atoms. The molecule has 0 aliphatic heterocycles. The van der Waals surface area contributed by atoms with Gasteiger partial charge in [-0.25, -0.2) is 4.79 Å². The van der Waals surface area contributed by atoms with Gasteiger partial charge in [-0.15, -0.1) is 0 Å². The molecule has 0 saturated heterocycles. The van der Waals surface area contributed by atoms with E-state index in [9.17, 15) is 4.79 Å². The molecule has 1 aromatic rings. The Morgan fingerprint density at radius 1 is 1.36 bits per heavy atom. The van der Waals surface area contributed by atoms with Crippen LogP contribution < -0.4 is 0 Å². The first-order chi connectivity index (χ1) is 6.65. The number of hydrogen-bond donors (Lipinski definition) is 2. The van der Waals surface area contributed by atoms with Gasteiger partial charge in [0.1, 0.15) is 11.3 Å². The minimum Gasteiger partial charge on any atom is -0.508 e. The Kier molecular flexibility index (Phi) is 3.12. The summed E-state index contributed by atoms with van der Waals surface area (Å²) in [6, 6.07) is 5.85. The SMILES string of the molecule is COC=C(C(=O)O)c1ccc(O)cc1. The molecule has 0 unspecified atom stereocenters. The summed E-state index contributed by atoms with van der Waals surface area (Å²) in [5.41, 5.74) is 0.532. The molecular formula is C10H10O4. The Balaban J connectivity index is 3.06. The average Bonchev–Trinajstić information content (AvgIpc) is 2.15. The maximum absolute atomic E-state index is 10.8. The van der Waals surface area contributed by atoms with Gasteiger partial charge in [0.05, 0.1) is 13.4 Å². The molecule has 14 heavy (non-hydrogen) atoms. The van der Waals surface area contributed by atoms with Gasteiger partial charge in [-0.1, -0.05) is 12.1 Å². The van der Waals surface area contributed by atoms with Crippen molar-refractivity contribution in [1.82, 2.24) is 0 Å². The van der Waals surface area contributed by atoms with Gasteiger partial charge in [0.25, 0.3) is 0 Å². The molecule has 4 heteroatoms. The van der Waals surface area contributed by atoms with Gasteiger partial charge in [0.2, 0.25) is 0 Å². The number of aliphatic carboxylic acids is 1. The molecule has 0 bridgehead atoms. The first-order valence-electron chi connectivity index (χ1n) is 3.91. The van der Waals surface area contributed by atoms with Gasteiger partial charge < -0.3 is 14.9 Å². The molecule has 1 rings (SSSR count). The second-order valence-electron chi connectivity index (χ2n) is 2.62. The van der Waals surface area contributed by atoms with Crippen molar-refractivity contribution in [2.45, 2.75) is 0 Å². The Morgan fingerprint density at radius 3 is 2.36 bits per heavy atom. The fraction of sp³-hybridized carbons (Fsp3) is 0.100. The molecule has 4 nitrogen and oxygen atoms in total. The number of rotatable bonds is 3. The van der Waals surface area contributed by atoms with Crippen molar-refractivity contribution in [2.24, 2.45) is 0 Å². The van der Waals surface area contributed by atoms with E-state index in [1.807, 2.05) is 0 Å². The van der Waals surface area contributed by atoms with Gasteiger partial charge in [-0.2, -0.15) is 0 Å². The van der Waals surface area contributed by atoms with Crippen LogP contribution in [0.3, 0.4) is 0 Å². The van der Waals surface area contributed by atoms with Crippen molar-refractivity contribution < 1.29 is 19.7 Å². The Bertz CT molecular complexity index is 351. The Morgan fingerprint density at radius 2 is 1.93 bits per heavy atom. The largest absolute Gasteiger partial charge is 0.508 e. The third-order valence-electron chi connectivity index (χ3n) is 1.64. The summed E-state index contributed by atoms with van der Waals surface area (Å²) < 4.78 is 4.64. The number of ether oxygens (including phenoxy) is 1. The third kappa shape index (κ3) is 2.26. The lowest BCUT2D eigenvalue weighted by Crippen LogP contribution is -1.99. The molecule has 0 heterocycles. The summed E-state index contributed by atoms with van der Waals surface area (Å²) in [4.78, 5) is 10.8. The first kappa shape index (κ1) is 10.1. The fourth-order valence-corrected chi connectivity index (χ4v) is 1.00. The van der Waals surface area contributed by atoms with E-state index in [-0.39, 0.29) is 11.3 Å². The van der Waals surface area contributed by atoms with E-state index < -0.39 is 5.97 Å². The van der Waals surface area contributed by atoms with Crippen LogP contribution in [0.5, 0.6) is 5.75 Å². The minimum absolute atomic E-state index is 0.0486. The number of benzene rings is 1. The zero-order valence-electron chi connectivity index (χ0n) is 7.60. The molecule has 0 aliphatic rings. The fourth-order valence-electron chi connectivity index (χ4n) is 1.00. The first-order valence-corrected chi connectivity index (χ1v) is 3.91. The lowest BCUT2D eigenvalue weighted by molar-refractivity contribution is -0.130. The third-order valence-corrected chi connectivity index (χ3v) is 1.64. The van der Waals surface area contributed by atoms with E-state index in [2.05, 4.69) is 4.74 Å². The number of methoxy groups -OCH3 is 1. The second-order valence-corrected chi connectivity index (χ2v) is 2.62.